The van der Waals surface area contributed by atoms with Gasteiger partial charge in [0.1, 0.15) is 11.6 Å². The van der Waals surface area contributed by atoms with Gasteiger partial charge in [0, 0.05) is 31.2 Å². The second-order valence-corrected chi connectivity index (χ2v) is 7.44. The summed E-state index contributed by atoms with van der Waals surface area (Å²) in [6, 6.07) is 2.97. The molecule has 1 amide bonds. The lowest BCUT2D eigenvalue weighted by molar-refractivity contribution is -0.147. The van der Waals surface area contributed by atoms with Crippen molar-refractivity contribution in [2.45, 2.75) is 31.7 Å². The van der Waals surface area contributed by atoms with E-state index < -0.39 is 17.7 Å². The molecule has 134 valence electrons. The number of nitrogens with zero attached hydrogens (tertiary/aromatic N) is 2. The number of hydrogen-bond donors (Lipinski definition) is 2. The van der Waals surface area contributed by atoms with Crippen LogP contribution in [-0.2, 0) is 4.79 Å². The highest BCUT2D eigenvalue weighted by atomic mass is 19.1. The van der Waals surface area contributed by atoms with Gasteiger partial charge >= 0.3 is 0 Å². The molecule has 2 bridgehead atoms. The topological polar surface area (TPSA) is 70.7 Å². The maximum absolute atomic E-state index is 13.6. The van der Waals surface area contributed by atoms with Crippen molar-refractivity contribution in [3.63, 3.8) is 0 Å². The number of carbonyl (C=O) groups is 1. The Labute approximate surface area is 145 Å². The number of nitrogens with two attached hydrogens (primary N) is 1. The second-order valence-electron chi connectivity index (χ2n) is 7.44. The number of hydrazine groups is 1. The lowest BCUT2D eigenvalue weighted by atomic mass is 9.55. The summed E-state index contributed by atoms with van der Waals surface area (Å²) in [5.74, 6) is 5.53. The van der Waals surface area contributed by atoms with Gasteiger partial charge in [-0.25, -0.2) is 13.8 Å². The Hall–Kier alpha value is -1.86. The zero-order valence-electron chi connectivity index (χ0n) is 13.9. The van der Waals surface area contributed by atoms with Gasteiger partial charge in [-0.15, -0.1) is 0 Å². The molecule has 5 rings (SSSR count). The quantitative estimate of drug-likeness (QED) is 0.648. The van der Waals surface area contributed by atoms with E-state index in [0.717, 1.165) is 25.3 Å². The molecule has 5 nitrogen and oxygen atoms in total. The number of carbonyl (C=O) groups excluding carboxylic acids is 1. The first-order chi connectivity index (χ1) is 12.1. The van der Waals surface area contributed by atoms with Crippen molar-refractivity contribution in [1.29, 1.82) is 0 Å². The van der Waals surface area contributed by atoms with Gasteiger partial charge in [0.05, 0.1) is 6.04 Å². The van der Waals surface area contributed by atoms with Crippen LogP contribution in [0.5, 0.6) is 0 Å². The van der Waals surface area contributed by atoms with Crippen LogP contribution in [0, 0.1) is 35.3 Å². The van der Waals surface area contributed by atoms with E-state index >= 15 is 0 Å². The molecular weight excluding hydrogens is 326 g/mol. The summed E-state index contributed by atoms with van der Waals surface area (Å²) < 4.78 is 27.1. The molecule has 3 fully saturated rings. The number of rotatable bonds is 4. The number of halogens is 2. The Kier molecular flexibility index (Phi) is 4.29. The number of hydrazone groups is 1. The zero-order chi connectivity index (χ0) is 17.6. The molecule has 3 saturated carbocycles. The van der Waals surface area contributed by atoms with Gasteiger partial charge in [-0.1, -0.05) is 0 Å². The minimum atomic E-state index is -0.636. The summed E-state index contributed by atoms with van der Waals surface area (Å²) in [5, 5.41) is 5.66. The molecule has 0 aromatic heterocycles. The minimum Gasteiger partial charge on any atom is -0.273 e. The minimum absolute atomic E-state index is 0.0337. The van der Waals surface area contributed by atoms with E-state index in [4.69, 9.17) is 5.84 Å². The third-order valence-electron chi connectivity index (χ3n) is 6.03. The molecule has 3 N–H and O–H groups in total. The first kappa shape index (κ1) is 16.6. The van der Waals surface area contributed by atoms with Crippen LogP contribution in [0.3, 0.4) is 0 Å². The largest absolute Gasteiger partial charge is 0.273 e. The molecule has 1 heterocycles. The third-order valence-corrected chi connectivity index (χ3v) is 6.03. The lowest BCUT2D eigenvalue weighted by Gasteiger charge is -2.51. The van der Waals surface area contributed by atoms with Gasteiger partial charge in [-0.05, 0) is 54.7 Å². The van der Waals surface area contributed by atoms with Crippen molar-refractivity contribution >= 4 is 12.1 Å². The number of hydrogen-bond acceptors (Lipinski definition) is 4. The summed E-state index contributed by atoms with van der Waals surface area (Å²) in [6.07, 6.45) is 5.03. The molecule has 0 radical (unpaired) electrons. The van der Waals surface area contributed by atoms with Crippen molar-refractivity contribution < 1.29 is 13.6 Å². The van der Waals surface area contributed by atoms with Crippen LogP contribution >= 0.6 is 0 Å². The van der Waals surface area contributed by atoms with Gasteiger partial charge in [-0.2, -0.15) is 5.10 Å². The Morgan fingerprint density at radius 1 is 1.20 bits per heavy atom. The molecule has 1 aromatic rings. The highest BCUT2D eigenvalue weighted by Gasteiger charge is 2.50. The van der Waals surface area contributed by atoms with E-state index in [-0.39, 0.29) is 11.8 Å². The Morgan fingerprint density at radius 3 is 2.60 bits per heavy atom. The molecule has 3 aliphatic carbocycles. The van der Waals surface area contributed by atoms with Crippen LogP contribution in [0.2, 0.25) is 0 Å². The molecule has 4 aliphatic rings. The fraction of sp³-hybridized carbons (Fsp3) is 0.556. The average molecular weight is 348 g/mol. The van der Waals surface area contributed by atoms with E-state index in [1.54, 1.807) is 6.21 Å². The van der Waals surface area contributed by atoms with Crippen molar-refractivity contribution in [3.8, 4) is 0 Å². The zero-order valence-corrected chi connectivity index (χ0v) is 13.9. The maximum Gasteiger partial charge on any atom is 0.246 e. The second kappa shape index (κ2) is 6.46. The van der Waals surface area contributed by atoms with Crippen LogP contribution < -0.4 is 11.3 Å². The third kappa shape index (κ3) is 2.95. The van der Waals surface area contributed by atoms with E-state index in [9.17, 15) is 13.6 Å². The van der Waals surface area contributed by atoms with Crippen LogP contribution in [0.1, 0.15) is 37.3 Å². The summed E-state index contributed by atoms with van der Waals surface area (Å²) in [7, 11) is 0. The number of amides is 1. The van der Waals surface area contributed by atoms with Gasteiger partial charge < -0.3 is 0 Å². The molecular formula is C18H22F2N4O. The van der Waals surface area contributed by atoms with Crippen LogP contribution in [0.25, 0.3) is 0 Å². The summed E-state index contributed by atoms with van der Waals surface area (Å²) in [4.78, 5) is 13.1. The monoisotopic (exact) mass is 348 g/mol. The SMILES string of the molecule is NNCC1C[C@H](C(=O)N2N=CCC2c2cc(F)cc(F)c2)C2CC1C2. The highest BCUT2D eigenvalue weighted by Crippen LogP contribution is 2.53. The van der Waals surface area contributed by atoms with Gasteiger partial charge in [0.15, 0.2) is 0 Å². The fourth-order valence-electron chi connectivity index (χ4n) is 4.68. The molecule has 3 atom stereocenters. The molecule has 7 heteroatoms. The van der Waals surface area contributed by atoms with Crippen LogP contribution in [-0.4, -0.2) is 23.7 Å². The van der Waals surface area contributed by atoms with Crippen LogP contribution in [0.4, 0.5) is 8.78 Å². The molecule has 0 spiro atoms. The Balaban J connectivity index is 1.53. The number of fused-ring (bicyclic) bond motifs is 2. The summed E-state index contributed by atoms with van der Waals surface area (Å²) in [6.45, 7) is 0.711. The predicted molar refractivity (Wildman–Crippen MR) is 89.1 cm³/mol. The fourth-order valence-corrected chi connectivity index (χ4v) is 4.68. The average Bonchev–Trinajstić information content (AvgIpc) is 3.02. The standard InChI is InChI=1S/C18H22F2N4O/c19-14-5-12(6-15(20)8-14)17-1-2-23-24(17)18(25)16-7-13(9-22-21)10-3-11(16)4-10/h2,5-6,8,10-11,13,16-17,22H,1,3-4,7,9,21H2/t10?,11?,13?,16-,17?/m0/s1. The summed E-state index contributed by atoms with van der Waals surface area (Å²) >= 11 is 0. The highest BCUT2D eigenvalue weighted by molar-refractivity contribution is 5.82. The van der Waals surface area contributed by atoms with Crippen molar-refractivity contribution in [2.24, 2.45) is 34.6 Å². The van der Waals surface area contributed by atoms with Gasteiger partial charge in [0.25, 0.3) is 0 Å². The van der Waals surface area contributed by atoms with E-state index in [1.807, 2.05) is 0 Å². The van der Waals surface area contributed by atoms with Crippen molar-refractivity contribution in [3.05, 3.63) is 35.4 Å². The molecule has 0 saturated heterocycles. The van der Waals surface area contributed by atoms with Gasteiger partial charge in [-0.3, -0.25) is 16.1 Å². The molecule has 1 aromatic carbocycles. The normalized spacial score (nSPS) is 33.4. The summed E-state index contributed by atoms with van der Waals surface area (Å²) in [5.41, 5.74) is 3.18. The first-order valence-corrected chi connectivity index (χ1v) is 8.81. The van der Waals surface area contributed by atoms with Gasteiger partial charge in [0.2, 0.25) is 5.91 Å². The smallest absolute Gasteiger partial charge is 0.246 e. The van der Waals surface area contributed by atoms with E-state index in [0.29, 0.717) is 36.3 Å². The van der Waals surface area contributed by atoms with E-state index in [1.165, 1.54) is 17.1 Å². The maximum atomic E-state index is 13.6. The number of benzene rings is 1. The van der Waals surface area contributed by atoms with E-state index in [2.05, 4.69) is 10.5 Å². The Bertz CT molecular complexity index is 684. The van der Waals surface area contributed by atoms with Crippen molar-refractivity contribution in [1.82, 2.24) is 10.4 Å². The molecule has 1 aliphatic heterocycles. The van der Waals surface area contributed by atoms with Crippen molar-refractivity contribution in [2.75, 3.05) is 6.54 Å². The molecule has 2 unspecified atom stereocenters. The number of nitrogens with one attached hydrogen (secondary N) is 1. The first-order valence-electron chi connectivity index (χ1n) is 8.81. The molecule has 25 heavy (non-hydrogen) atoms. The lowest BCUT2D eigenvalue weighted by Crippen LogP contribution is -2.51. The Morgan fingerprint density at radius 2 is 1.92 bits per heavy atom. The predicted octanol–water partition coefficient (Wildman–Crippen LogP) is 2.35. The van der Waals surface area contributed by atoms with Crippen LogP contribution in [0.15, 0.2) is 23.3 Å².